The predicted octanol–water partition coefficient (Wildman–Crippen LogP) is 3.19. The van der Waals surface area contributed by atoms with Gasteiger partial charge in [0.15, 0.2) is 9.84 Å². The molecule has 3 aromatic rings. The van der Waals surface area contributed by atoms with Crippen molar-refractivity contribution >= 4 is 26.6 Å². The average Bonchev–Trinajstić information content (AvgIpc) is 3.24. The third-order valence-electron chi connectivity index (χ3n) is 6.66. The molecule has 2 fully saturated rings. The molecule has 0 aliphatic carbocycles. The van der Waals surface area contributed by atoms with E-state index in [0.29, 0.717) is 34.7 Å². The summed E-state index contributed by atoms with van der Waals surface area (Å²) < 4.78 is 33.3. The number of benzene rings is 2. The Labute approximate surface area is 181 Å². The van der Waals surface area contributed by atoms with Gasteiger partial charge in [-0.3, -0.25) is 4.79 Å². The Morgan fingerprint density at radius 3 is 2.39 bits per heavy atom. The summed E-state index contributed by atoms with van der Waals surface area (Å²) in [6.45, 7) is 0. The molecule has 2 aliphatic heterocycles. The van der Waals surface area contributed by atoms with Crippen molar-refractivity contribution in [3.8, 4) is 5.88 Å². The van der Waals surface area contributed by atoms with Crippen molar-refractivity contribution in [2.45, 2.75) is 47.9 Å². The predicted molar refractivity (Wildman–Crippen MR) is 117 cm³/mol. The maximum Gasteiger partial charge on any atom is 0.254 e. The molecule has 2 unspecified atom stereocenters. The van der Waals surface area contributed by atoms with Gasteiger partial charge in [0.25, 0.3) is 5.91 Å². The zero-order valence-electron chi connectivity index (χ0n) is 17.6. The fraction of sp³-hybridized carbons (Fsp3) is 0.391. The van der Waals surface area contributed by atoms with Crippen LogP contribution in [0.15, 0.2) is 53.4 Å². The van der Waals surface area contributed by atoms with E-state index in [-0.39, 0.29) is 18.0 Å². The first-order valence-electron chi connectivity index (χ1n) is 10.5. The fourth-order valence-corrected chi connectivity index (χ4v) is 7.09. The van der Waals surface area contributed by atoms with Crippen LogP contribution in [-0.4, -0.2) is 53.4 Å². The van der Waals surface area contributed by atoms with E-state index in [2.05, 4.69) is 5.10 Å². The third-order valence-corrected chi connectivity index (χ3v) is 8.85. The minimum atomic E-state index is -3.40. The lowest BCUT2D eigenvalue weighted by Gasteiger charge is -2.38. The molecular formula is C23H25N3O4S. The first kappa shape index (κ1) is 20.1. The number of aromatic nitrogens is 2. The van der Waals surface area contributed by atoms with Crippen molar-refractivity contribution in [2.24, 2.45) is 7.05 Å². The summed E-state index contributed by atoms with van der Waals surface area (Å²) in [7, 11) is 0.00214. The van der Waals surface area contributed by atoms with Gasteiger partial charge in [-0.15, -0.1) is 0 Å². The van der Waals surface area contributed by atoms with Gasteiger partial charge in [0, 0.05) is 24.7 Å². The third kappa shape index (κ3) is 3.20. The molecule has 8 heteroatoms. The van der Waals surface area contributed by atoms with Crippen LogP contribution in [0.25, 0.3) is 10.9 Å². The van der Waals surface area contributed by atoms with E-state index >= 15 is 0 Å². The monoisotopic (exact) mass is 439 g/mol. The number of sulfone groups is 1. The number of ether oxygens (including phenoxy) is 1. The summed E-state index contributed by atoms with van der Waals surface area (Å²) in [5.74, 6) is 0.607. The highest BCUT2D eigenvalue weighted by atomic mass is 32.2. The van der Waals surface area contributed by atoms with Crippen molar-refractivity contribution in [1.82, 2.24) is 14.7 Å². The van der Waals surface area contributed by atoms with Crippen LogP contribution in [-0.2, 0) is 16.9 Å². The molecule has 2 bridgehead atoms. The van der Waals surface area contributed by atoms with Crippen LogP contribution in [0.2, 0.25) is 0 Å². The molecule has 0 saturated carbocycles. The molecule has 5 rings (SSSR count). The zero-order valence-corrected chi connectivity index (χ0v) is 18.4. The molecule has 0 spiro atoms. The number of piperidine rings is 1. The van der Waals surface area contributed by atoms with Crippen LogP contribution in [0, 0.1) is 0 Å². The Morgan fingerprint density at radius 1 is 1.06 bits per heavy atom. The number of carbonyl (C=O) groups is 1. The Bertz CT molecular complexity index is 1240. The summed E-state index contributed by atoms with van der Waals surface area (Å²) >= 11 is 0. The summed E-state index contributed by atoms with van der Waals surface area (Å²) in [6.07, 6.45) is 2.66. The largest absolute Gasteiger partial charge is 0.481 e. The van der Waals surface area contributed by atoms with Crippen molar-refractivity contribution in [3.63, 3.8) is 0 Å². The number of hydrogen-bond acceptors (Lipinski definition) is 5. The van der Waals surface area contributed by atoms with Gasteiger partial charge in [-0.2, -0.15) is 5.10 Å². The van der Waals surface area contributed by atoms with Crippen molar-refractivity contribution in [1.29, 1.82) is 0 Å². The quantitative estimate of drug-likeness (QED) is 0.624. The Balaban J connectivity index is 1.40. The van der Waals surface area contributed by atoms with Crippen LogP contribution >= 0.6 is 0 Å². The number of fused-ring (bicyclic) bond motifs is 3. The van der Waals surface area contributed by atoms with Gasteiger partial charge in [-0.1, -0.05) is 18.2 Å². The minimum absolute atomic E-state index is 0.0467. The fourth-order valence-electron chi connectivity index (χ4n) is 5.22. The zero-order chi connectivity index (χ0) is 21.8. The number of nitrogens with zero attached hydrogens (tertiary/aromatic N) is 3. The van der Waals surface area contributed by atoms with E-state index in [1.54, 1.807) is 55.2 Å². The van der Waals surface area contributed by atoms with Gasteiger partial charge in [0.05, 0.1) is 28.2 Å². The molecule has 162 valence electrons. The van der Waals surface area contributed by atoms with Crippen LogP contribution < -0.4 is 4.74 Å². The van der Waals surface area contributed by atoms with Crippen molar-refractivity contribution in [2.75, 3.05) is 7.11 Å². The molecule has 0 N–H and O–H groups in total. The lowest BCUT2D eigenvalue weighted by Crippen LogP contribution is -2.49. The number of amides is 1. The summed E-state index contributed by atoms with van der Waals surface area (Å²) in [4.78, 5) is 15.7. The average molecular weight is 440 g/mol. The van der Waals surface area contributed by atoms with Crippen LogP contribution in [0.4, 0.5) is 0 Å². The second kappa shape index (κ2) is 7.37. The standard InChI is InChI=1S/C23H25N3O4S/c1-25-23(30-2)20-11-8-15(12-21(20)24-25)22(27)26-16-9-10-17(26)14-19(13-16)31(28,29)18-6-4-3-5-7-18/h3-8,11-12,16-17,19H,9-10,13-14H2,1-2H3. The highest BCUT2D eigenvalue weighted by Crippen LogP contribution is 2.41. The van der Waals surface area contributed by atoms with E-state index < -0.39 is 15.1 Å². The number of carbonyl (C=O) groups excluding carboxylic acids is 1. The van der Waals surface area contributed by atoms with E-state index in [4.69, 9.17) is 4.74 Å². The van der Waals surface area contributed by atoms with Gasteiger partial charge in [-0.25, -0.2) is 13.1 Å². The second-order valence-corrected chi connectivity index (χ2v) is 10.6. The Morgan fingerprint density at radius 2 is 1.74 bits per heavy atom. The van der Waals surface area contributed by atoms with Gasteiger partial charge >= 0.3 is 0 Å². The summed E-state index contributed by atoms with van der Waals surface area (Å²) in [5, 5.41) is 4.86. The van der Waals surface area contributed by atoms with Crippen LogP contribution in [0.1, 0.15) is 36.0 Å². The van der Waals surface area contributed by atoms with Gasteiger partial charge in [-0.05, 0) is 56.0 Å². The lowest BCUT2D eigenvalue weighted by atomic mass is 10.0. The molecule has 7 nitrogen and oxygen atoms in total. The Hall–Kier alpha value is -2.87. The summed E-state index contributed by atoms with van der Waals surface area (Å²) in [5.41, 5.74) is 1.29. The summed E-state index contributed by atoms with van der Waals surface area (Å²) in [6, 6.07) is 14.0. The van der Waals surface area contributed by atoms with Crippen molar-refractivity contribution < 1.29 is 17.9 Å². The molecule has 3 heterocycles. The number of rotatable bonds is 4. The molecule has 1 amide bonds. The Kier molecular flexibility index (Phi) is 4.77. The van der Waals surface area contributed by atoms with E-state index in [1.807, 2.05) is 17.0 Å². The maximum atomic E-state index is 13.4. The molecule has 31 heavy (non-hydrogen) atoms. The first-order chi connectivity index (χ1) is 14.9. The molecule has 1 aromatic heterocycles. The number of methoxy groups -OCH3 is 1. The molecule has 2 saturated heterocycles. The van der Waals surface area contributed by atoms with Crippen LogP contribution in [0.5, 0.6) is 5.88 Å². The number of hydrogen-bond donors (Lipinski definition) is 0. The SMILES string of the molecule is COc1c2ccc(C(=O)N3C4CCC3CC(S(=O)(=O)c3ccccc3)C4)cc2nn1C. The molecule has 0 radical (unpaired) electrons. The topological polar surface area (TPSA) is 81.5 Å². The van der Waals surface area contributed by atoms with E-state index in [9.17, 15) is 13.2 Å². The van der Waals surface area contributed by atoms with E-state index in [0.717, 1.165) is 18.2 Å². The maximum absolute atomic E-state index is 13.4. The second-order valence-electron chi connectivity index (χ2n) is 8.41. The molecule has 2 aromatic carbocycles. The lowest BCUT2D eigenvalue weighted by molar-refractivity contribution is 0.0598. The van der Waals surface area contributed by atoms with E-state index in [1.165, 1.54) is 0 Å². The molecule has 2 aliphatic rings. The van der Waals surface area contributed by atoms with Gasteiger partial charge in [0.2, 0.25) is 5.88 Å². The normalized spacial score (nSPS) is 23.3. The first-order valence-corrected chi connectivity index (χ1v) is 12.1. The van der Waals surface area contributed by atoms with Crippen molar-refractivity contribution in [3.05, 3.63) is 54.1 Å². The highest BCUT2D eigenvalue weighted by Gasteiger charge is 2.47. The molecular weight excluding hydrogens is 414 g/mol. The molecule has 2 atom stereocenters. The van der Waals surface area contributed by atoms with Gasteiger partial charge in [0.1, 0.15) is 0 Å². The van der Waals surface area contributed by atoms with Gasteiger partial charge < -0.3 is 9.64 Å². The highest BCUT2D eigenvalue weighted by molar-refractivity contribution is 7.92. The smallest absolute Gasteiger partial charge is 0.254 e. The number of aryl methyl sites for hydroxylation is 1. The minimum Gasteiger partial charge on any atom is -0.481 e. The van der Waals surface area contributed by atoms with Crippen LogP contribution in [0.3, 0.4) is 0 Å².